The minimum absolute atomic E-state index is 0.295. The van der Waals surface area contributed by atoms with Crippen LogP contribution in [-0.4, -0.2) is 37.5 Å². The molecule has 116 valence electrons. The van der Waals surface area contributed by atoms with Gasteiger partial charge in [-0.1, -0.05) is 6.58 Å². The second-order valence-corrected chi connectivity index (χ2v) is 5.88. The third-order valence-electron chi connectivity index (χ3n) is 3.33. The number of amides is 2. The van der Waals surface area contributed by atoms with E-state index in [2.05, 4.69) is 29.2 Å². The number of ether oxygens (including phenoxy) is 2. The highest BCUT2D eigenvalue weighted by molar-refractivity contribution is 14.1. The number of halogens is 1. The van der Waals surface area contributed by atoms with E-state index in [9.17, 15) is 9.59 Å². The lowest BCUT2D eigenvalue weighted by Crippen LogP contribution is -2.30. The summed E-state index contributed by atoms with van der Waals surface area (Å²) in [7, 11) is 3.13. The van der Waals surface area contributed by atoms with Crippen molar-refractivity contribution in [3.05, 3.63) is 39.5 Å². The zero-order valence-electron chi connectivity index (χ0n) is 12.4. The maximum Gasteiger partial charge on any atom is 0.256 e. The molecule has 1 aromatic carbocycles. The number of hydrogen-bond acceptors (Lipinski definition) is 4. The number of hydrogen-bond donors (Lipinski definition) is 0. The van der Waals surface area contributed by atoms with Crippen LogP contribution in [0.4, 0.5) is 0 Å². The number of imide groups is 1. The van der Waals surface area contributed by atoms with Crippen LogP contribution in [-0.2, 0) is 9.59 Å². The molecule has 6 heteroatoms. The van der Waals surface area contributed by atoms with Crippen LogP contribution in [0.1, 0.15) is 12.0 Å². The van der Waals surface area contributed by atoms with Crippen LogP contribution in [0.25, 0.3) is 6.08 Å². The SMILES string of the molecule is C=C1CCN(C(=O)/C=C/c2cc(I)c(OC)c(OC)c2)C1=O. The van der Waals surface area contributed by atoms with Crippen LogP contribution in [0.2, 0.25) is 0 Å². The molecule has 0 N–H and O–H groups in total. The minimum atomic E-state index is -0.339. The van der Waals surface area contributed by atoms with Gasteiger partial charge in [0.25, 0.3) is 11.8 Å². The summed E-state index contributed by atoms with van der Waals surface area (Å²) in [6.45, 7) is 4.03. The number of carbonyl (C=O) groups excluding carboxylic acids is 2. The number of likely N-dealkylation sites (tertiary alicyclic amines) is 1. The van der Waals surface area contributed by atoms with E-state index >= 15 is 0 Å². The zero-order chi connectivity index (χ0) is 16.3. The summed E-state index contributed by atoms with van der Waals surface area (Å²) in [4.78, 5) is 25.0. The lowest BCUT2D eigenvalue weighted by molar-refractivity contribution is -0.137. The lowest BCUT2D eigenvalue weighted by Gasteiger charge is -2.11. The zero-order valence-corrected chi connectivity index (χ0v) is 14.5. The third-order valence-corrected chi connectivity index (χ3v) is 4.13. The normalized spacial score (nSPS) is 14.8. The van der Waals surface area contributed by atoms with Crippen LogP contribution >= 0.6 is 22.6 Å². The van der Waals surface area contributed by atoms with Crippen molar-refractivity contribution < 1.29 is 19.1 Å². The highest BCUT2D eigenvalue weighted by Crippen LogP contribution is 2.33. The number of rotatable bonds is 4. The number of carbonyl (C=O) groups is 2. The summed E-state index contributed by atoms with van der Waals surface area (Å²) in [5.74, 6) is 0.606. The summed E-state index contributed by atoms with van der Waals surface area (Å²) in [6.07, 6.45) is 3.57. The van der Waals surface area contributed by atoms with Gasteiger partial charge in [0.2, 0.25) is 0 Å². The van der Waals surface area contributed by atoms with Gasteiger partial charge in [0.1, 0.15) is 0 Å². The van der Waals surface area contributed by atoms with Gasteiger partial charge in [-0.25, -0.2) is 0 Å². The van der Waals surface area contributed by atoms with Crippen LogP contribution in [0, 0.1) is 3.57 Å². The Kier molecular flexibility index (Phi) is 5.23. The Morgan fingerprint density at radius 3 is 2.64 bits per heavy atom. The first-order chi connectivity index (χ1) is 10.5. The first kappa shape index (κ1) is 16.5. The molecule has 0 spiro atoms. The highest BCUT2D eigenvalue weighted by Gasteiger charge is 2.28. The molecule has 2 amide bonds. The molecule has 0 aliphatic carbocycles. The quantitative estimate of drug-likeness (QED) is 0.563. The lowest BCUT2D eigenvalue weighted by atomic mass is 10.2. The second-order valence-electron chi connectivity index (χ2n) is 4.72. The first-order valence-electron chi connectivity index (χ1n) is 6.61. The molecule has 2 rings (SSSR count). The van der Waals surface area contributed by atoms with Crippen molar-refractivity contribution in [1.82, 2.24) is 4.90 Å². The minimum Gasteiger partial charge on any atom is -0.493 e. The average Bonchev–Trinajstić information content (AvgIpc) is 2.84. The fourth-order valence-electron chi connectivity index (χ4n) is 2.15. The van der Waals surface area contributed by atoms with E-state index in [0.29, 0.717) is 30.0 Å². The molecular weight excluding hydrogens is 397 g/mol. The molecule has 0 atom stereocenters. The predicted molar refractivity (Wildman–Crippen MR) is 91.8 cm³/mol. The van der Waals surface area contributed by atoms with E-state index in [0.717, 1.165) is 9.13 Å². The molecule has 1 aliphatic heterocycles. The Labute approximate surface area is 142 Å². The Hall–Kier alpha value is -1.83. The van der Waals surface area contributed by atoms with Crippen LogP contribution in [0.3, 0.4) is 0 Å². The predicted octanol–water partition coefficient (Wildman–Crippen LogP) is 2.64. The van der Waals surface area contributed by atoms with Crippen molar-refractivity contribution in [3.63, 3.8) is 0 Å². The number of benzene rings is 1. The number of nitrogens with zero attached hydrogens (tertiary/aromatic N) is 1. The average molecular weight is 413 g/mol. The highest BCUT2D eigenvalue weighted by atomic mass is 127. The van der Waals surface area contributed by atoms with Crippen molar-refractivity contribution in [3.8, 4) is 11.5 Å². The Morgan fingerprint density at radius 2 is 2.09 bits per heavy atom. The summed E-state index contributed by atoms with van der Waals surface area (Å²) in [6, 6.07) is 3.64. The Balaban J connectivity index is 2.20. The molecular formula is C16H16INO4. The van der Waals surface area contributed by atoms with Crippen LogP contribution in [0.5, 0.6) is 11.5 Å². The van der Waals surface area contributed by atoms with Crippen molar-refractivity contribution >= 4 is 40.5 Å². The van der Waals surface area contributed by atoms with E-state index in [1.165, 1.54) is 11.0 Å². The molecule has 0 aromatic heterocycles. The van der Waals surface area contributed by atoms with Gasteiger partial charge >= 0.3 is 0 Å². The largest absolute Gasteiger partial charge is 0.493 e. The van der Waals surface area contributed by atoms with Gasteiger partial charge in [0, 0.05) is 18.2 Å². The molecule has 0 bridgehead atoms. The van der Waals surface area contributed by atoms with Crippen molar-refractivity contribution in [2.75, 3.05) is 20.8 Å². The molecule has 1 saturated heterocycles. The molecule has 0 saturated carbocycles. The monoisotopic (exact) mass is 413 g/mol. The summed E-state index contributed by atoms with van der Waals surface area (Å²) in [5, 5.41) is 0. The van der Waals surface area contributed by atoms with Gasteiger partial charge < -0.3 is 9.47 Å². The van der Waals surface area contributed by atoms with Gasteiger partial charge in [0.15, 0.2) is 11.5 Å². The van der Waals surface area contributed by atoms with Gasteiger partial charge in [-0.3, -0.25) is 14.5 Å². The molecule has 1 aliphatic rings. The smallest absolute Gasteiger partial charge is 0.256 e. The maximum atomic E-state index is 12.1. The maximum absolute atomic E-state index is 12.1. The van der Waals surface area contributed by atoms with Gasteiger partial charge in [-0.15, -0.1) is 0 Å². The van der Waals surface area contributed by atoms with E-state index in [1.807, 2.05) is 6.07 Å². The molecule has 5 nitrogen and oxygen atoms in total. The van der Waals surface area contributed by atoms with Crippen molar-refractivity contribution in [2.24, 2.45) is 0 Å². The molecule has 1 fully saturated rings. The summed E-state index contributed by atoms with van der Waals surface area (Å²) >= 11 is 2.14. The summed E-state index contributed by atoms with van der Waals surface area (Å²) in [5.41, 5.74) is 1.27. The van der Waals surface area contributed by atoms with E-state index in [-0.39, 0.29) is 11.8 Å². The second kappa shape index (κ2) is 6.95. The molecule has 0 radical (unpaired) electrons. The fraction of sp³-hybridized carbons (Fsp3) is 0.250. The molecule has 1 heterocycles. The van der Waals surface area contributed by atoms with Crippen LogP contribution in [0.15, 0.2) is 30.4 Å². The summed E-state index contributed by atoms with van der Waals surface area (Å²) < 4.78 is 11.4. The van der Waals surface area contributed by atoms with E-state index < -0.39 is 0 Å². The Morgan fingerprint density at radius 1 is 1.36 bits per heavy atom. The first-order valence-corrected chi connectivity index (χ1v) is 7.69. The van der Waals surface area contributed by atoms with Crippen LogP contribution < -0.4 is 9.47 Å². The van der Waals surface area contributed by atoms with E-state index in [4.69, 9.17) is 9.47 Å². The van der Waals surface area contributed by atoms with E-state index in [1.54, 1.807) is 26.4 Å². The third kappa shape index (κ3) is 3.32. The molecule has 1 aromatic rings. The van der Waals surface area contributed by atoms with Gasteiger partial charge in [0.05, 0.1) is 17.8 Å². The van der Waals surface area contributed by atoms with Gasteiger partial charge in [-0.05, 0) is 52.8 Å². The topological polar surface area (TPSA) is 55.8 Å². The molecule has 22 heavy (non-hydrogen) atoms. The fourth-order valence-corrected chi connectivity index (χ4v) is 2.99. The number of methoxy groups -OCH3 is 2. The van der Waals surface area contributed by atoms with Crippen molar-refractivity contribution in [1.29, 1.82) is 0 Å². The Bertz CT molecular complexity index is 666. The van der Waals surface area contributed by atoms with Crippen molar-refractivity contribution in [2.45, 2.75) is 6.42 Å². The molecule has 0 unspecified atom stereocenters. The standard InChI is InChI=1S/C16H16INO4/c1-10-6-7-18(16(10)20)14(19)5-4-11-8-12(17)15(22-3)13(9-11)21-2/h4-5,8-9H,1,6-7H2,2-3H3/b5-4+. The van der Waals surface area contributed by atoms with Gasteiger partial charge in [-0.2, -0.15) is 0 Å².